The average Bonchev–Trinajstić information content (AvgIpc) is 3.01. The first-order valence-electron chi connectivity index (χ1n) is 9.51. The number of guanidine groups is 1. The van der Waals surface area contributed by atoms with Crippen LogP contribution in [0.2, 0.25) is 0 Å². The fourth-order valence-electron chi connectivity index (χ4n) is 2.73. The molecule has 0 saturated carbocycles. The number of nitrogens with zero attached hydrogens (tertiary/aromatic N) is 4. The van der Waals surface area contributed by atoms with Crippen LogP contribution in [0.3, 0.4) is 0 Å². The third-order valence-electron chi connectivity index (χ3n) is 4.11. The largest absolute Gasteiger partial charge is 0.357 e. The van der Waals surface area contributed by atoms with Crippen LogP contribution in [0.15, 0.2) is 29.4 Å². The average molecular weight is 345 g/mol. The molecule has 2 aromatic heterocycles. The van der Waals surface area contributed by atoms with Crippen LogP contribution in [0.4, 0.5) is 0 Å². The zero-order valence-electron chi connectivity index (χ0n) is 15.8. The standard InChI is InChI=1S/C19H32N6/c1-4-20-19(21-13-9-6-5-7-11-16(2)3)22-15-18-24-23-17-12-8-10-14-25(17)18/h8,10,12,14,16H,4-7,9,11,13,15H2,1-3H3,(H2,20,21,22). The summed E-state index contributed by atoms with van der Waals surface area (Å²) in [6, 6.07) is 5.89. The Morgan fingerprint density at radius 3 is 2.76 bits per heavy atom. The van der Waals surface area contributed by atoms with E-state index in [-0.39, 0.29) is 0 Å². The van der Waals surface area contributed by atoms with Gasteiger partial charge in [0, 0.05) is 19.3 Å². The predicted octanol–water partition coefficient (Wildman–Crippen LogP) is 3.39. The van der Waals surface area contributed by atoms with E-state index in [1.807, 2.05) is 28.8 Å². The fourth-order valence-corrected chi connectivity index (χ4v) is 2.73. The third-order valence-corrected chi connectivity index (χ3v) is 4.11. The van der Waals surface area contributed by atoms with Crippen LogP contribution in [0, 0.1) is 5.92 Å². The lowest BCUT2D eigenvalue weighted by Crippen LogP contribution is -2.37. The first kappa shape index (κ1) is 19.2. The number of nitrogens with one attached hydrogen (secondary N) is 2. The minimum atomic E-state index is 0.509. The third kappa shape index (κ3) is 6.72. The summed E-state index contributed by atoms with van der Waals surface area (Å²) in [6.45, 7) is 8.97. The smallest absolute Gasteiger partial charge is 0.191 e. The molecule has 0 fully saturated rings. The Bertz CT molecular complexity index is 646. The fraction of sp³-hybridized carbons (Fsp3) is 0.632. The monoisotopic (exact) mass is 344 g/mol. The Morgan fingerprint density at radius 1 is 1.12 bits per heavy atom. The highest BCUT2D eigenvalue weighted by Crippen LogP contribution is 2.09. The van der Waals surface area contributed by atoms with E-state index < -0.39 is 0 Å². The molecule has 0 radical (unpaired) electrons. The number of pyridine rings is 1. The maximum absolute atomic E-state index is 4.63. The molecular weight excluding hydrogens is 312 g/mol. The van der Waals surface area contributed by atoms with Crippen molar-refractivity contribution in [3.63, 3.8) is 0 Å². The molecule has 0 atom stereocenters. The van der Waals surface area contributed by atoms with E-state index >= 15 is 0 Å². The molecule has 0 aliphatic carbocycles. The summed E-state index contributed by atoms with van der Waals surface area (Å²) in [5.74, 6) is 2.51. The van der Waals surface area contributed by atoms with Gasteiger partial charge in [-0.3, -0.25) is 4.40 Å². The molecule has 138 valence electrons. The van der Waals surface area contributed by atoms with Gasteiger partial charge >= 0.3 is 0 Å². The number of rotatable bonds is 10. The maximum Gasteiger partial charge on any atom is 0.191 e. The Balaban J connectivity index is 1.76. The first-order valence-corrected chi connectivity index (χ1v) is 9.51. The molecule has 0 aliphatic heterocycles. The van der Waals surface area contributed by atoms with Gasteiger partial charge < -0.3 is 10.6 Å². The summed E-state index contributed by atoms with van der Waals surface area (Å²) in [6.07, 6.45) is 8.41. The molecule has 0 amide bonds. The van der Waals surface area contributed by atoms with E-state index in [9.17, 15) is 0 Å². The van der Waals surface area contributed by atoms with Crippen molar-refractivity contribution in [2.75, 3.05) is 13.1 Å². The normalized spacial score (nSPS) is 12.1. The minimum Gasteiger partial charge on any atom is -0.357 e. The lowest BCUT2D eigenvalue weighted by atomic mass is 10.0. The molecule has 0 spiro atoms. The molecule has 0 bridgehead atoms. The van der Waals surface area contributed by atoms with Gasteiger partial charge in [0.05, 0.1) is 0 Å². The maximum atomic E-state index is 4.63. The first-order chi connectivity index (χ1) is 12.2. The number of unbranched alkanes of at least 4 members (excludes halogenated alkanes) is 3. The van der Waals surface area contributed by atoms with Crippen molar-refractivity contribution in [3.8, 4) is 0 Å². The Morgan fingerprint density at radius 2 is 1.96 bits per heavy atom. The zero-order chi connectivity index (χ0) is 17.9. The summed E-state index contributed by atoms with van der Waals surface area (Å²) in [4.78, 5) is 4.63. The second kappa shape index (κ2) is 10.7. The molecule has 2 aromatic rings. The number of hydrogen-bond donors (Lipinski definition) is 2. The second-order valence-corrected chi connectivity index (χ2v) is 6.76. The van der Waals surface area contributed by atoms with Crippen LogP contribution in [0.25, 0.3) is 5.65 Å². The number of aliphatic imine (C=N–C) groups is 1. The van der Waals surface area contributed by atoms with Gasteiger partial charge in [0.2, 0.25) is 0 Å². The lowest BCUT2D eigenvalue weighted by molar-refractivity contribution is 0.518. The molecule has 25 heavy (non-hydrogen) atoms. The van der Waals surface area contributed by atoms with Crippen molar-refractivity contribution in [2.24, 2.45) is 10.9 Å². The Labute approximate surface area is 151 Å². The SMILES string of the molecule is CCNC(=NCc1nnc2ccccn12)NCCCCCCC(C)C. The van der Waals surface area contributed by atoms with E-state index in [0.29, 0.717) is 6.54 Å². The highest BCUT2D eigenvalue weighted by molar-refractivity contribution is 5.79. The molecule has 6 heteroatoms. The number of aromatic nitrogens is 3. The van der Waals surface area contributed by atoms with Gasteiger partial charge in [-0.25, -0.2) is 4.99 Å². The molecule has 0 unspecified atom stereocenters. The summed E-state index contributed by atoms with van der Waals surface area (Å²) >= 11 is 0. The van der Waals surface area contributed by atoms with E-state index in [1.165, 1.54) is 32.1 Å². The van der Waals surface area contributed by atoms with Crippen LogP contribution in [0.5, 0.6) is 0 Å². The van der Waals surface area contributed by atoms with Crippen LogP contribution >= 0.6 is 0 Å². The van der Waals surface area contributed by atoms with E-state index in [4.69, 9.17) is 0 Å². The molecule has 2 heterocycles. The van der Waals surface area contributed by atoms with E-state index in [2.05, 4.69) is 46.6 Å². The van der Waals surface area contributed by atoms with Gasteiger partial charge in [-0.2, -0.15) is 0 Å². The summed E-state index contributed by atoms with van der Waals surface area (Å²) < 4.78 is 1.97. The van der Waals surface area contributed by atoms with Crippen molar-refractivity contribution in [1.29, 1.82) is 0 Å². The van der Waals surface area contributed by atoms with Crippen molar-refractivity contribution in [2.45, 2.75) is 59.4 Å². The van der Waals surface area contributed by atoms with Crippen LogP contribution in [0.1, 0.15) is 58.7 Å². The highest BCUT2D eigenvalue weighted by Gasteiger charge is 2.04. The lowest BCUT2D eigenvalue weighted by Gasteiger charge is -2.11. The topological polar surface area (TPSA) is 66.6 Å². The highest BCUT2D eigenvalue weighted by atomic mass is 15.3. The molecule has 2 N–H and O–H groups in total. The van der Waals surface area contributed by atoms with Crippen molar-refractivity contribution < 1.29 is 0 Å². The predicted molar refractivity (Wildman–Crippen MR) is 104 cm³/mol. The van der Waals surface area contributed by atoms with Gasteiger partial charge in [0.25, 0.3) is 0 Å². The summed E-state index contributed by atoms with van der Waals surface area (Å²) in [5, 5.41) is 15.1. The number of fused-ring (bicyclic) bond motifs is 1. The molecular formula is C19H32N6. The van der Waals surface area contributed by atoms with Crippen LogP contribution in [-0.2, 0) is 6.54 Å². The van der Waals surface area contributed by atoms with Gasteiger partial charge in [-0.1, -0.05) is 45.6 Å². The van der Waals surface area contributed by atoms with Crippen molar-refractivity contribution >= 4 is 11.6 Å². The Kier molecular flexibility index (Phi) is 8.22. The van der Waals surface area contributed by atoms with E-state index in [0.717, 1.165) is 36.4 Å². The van der Waals surface area contributed by atoms with Crippen LogP contribution in [-0.4, -0.2) is 33.6 Å². The molecule has 2 rings (SSSR count). The van der Waals surface area contributed by atoms with Gasteiger partial charge in [-0.15, -0.1) is 10.2 Å². The molecule has 6 nitrogen and oxygen atoms in total. The minimum absolute atomic E-state index is 0.509. The second-order valence-electron chi connectivity index (χ2n) is 6.76. The zero-order valence-corrected chi connectivity index (χ0v) is 15.8. The quantitative estimate of drug-likeness (QED) is 0.394. The van der Waals surface area contributed by atoms with Crippen molar-refractivity contribution in [3.05, 3.63) is 30.2 Å². The van der Waals surface area contributed by atoms with Gasteiger partial charge in [0.15, 0.2) is 17.4 Å². The summed E-state index contributed by atoms with van der Waals surface area (Å²) in [7, 11) is 0. The van der Waals surface area contributed by atoms with Gasteiger partial charge in [-0.05, 0) is 31.4 Å². The van der Waals surface area contributed by atoms with E-state index in [1.54, 1.807) is 0 Å². The van der Waals surface area contributed by atoms with Crippen LogP contribution < -0.4 is 10.6 Å². The van der Waals surface area contributed by atoms with Crippen molar-refractivity contribution in [1.82, 2.24) is 25.2 Å². The van der Waals surface area contributed by atoms with Gasteiger partial charge in [0.1, 0.15) is 6.54 Å². The Hall–Kier alpha value is -2.11. The molecule has 0 saturated heterocycles. The number of hydrogen-bond acceptors (Lipinski definition) is 3. The molecule has 0 aliphatic rings. The summed E-state index contributed by atoms with van der Waals surface area (Å²) in [5.41, 5.74) is 0.854. The molecule has 0 aromatic carbocycles.